The number of hydrogen-bond acceptors (Lipinski definition) is 4. The summed E-state index contributed by atoms with van der Waals surface area (Å²) in [6.45, 7) is 3.69. The van der Waals surface area contributed by atoms with Crippen LogP contribution >= 0.6 is 0 Å². The minimum atomic E-state index is -0.627. The molecule has 5 heteroatoms. The summed E-state index contributed by atoms with van der Waals surface area (Å²) in [5, 5.41) is 2.97. The Morgan fingerprint density at radius 3 is 2.27 bits per heavy atom. The molecule has 138 valence electrons. The van der Waals surface area contributed by atoms with Crippen molar-refractivity contribution in [2.75, 3.05) is 7.11 Å². The lowest BCUT2D eigenvalue weighted by atomic mass is 10.1. The number of hydrogen-bond donors (Lipinski definition) is 1. The highest BCUT2D eigenvalue weighted by Crippen LogP contribution is 2.15. The number of carbonyl (C=O) groups excluding carboxylic acids is 2. The van der Waals surface area contributed by atoms with Crippen LogP contribution in [0.15, 0.2) is 54.6 Å². The number of amides is 1. The average Bonchev–Trinajstić information content (AvgIpc) is 2.67. The van der Waals surface area contributed by atoms with Gasteiger partial charge < -0.3 is 14.8 Å². The SMILES string of the molecule is COC(=O)c1ccc(O[C@@H](C)C(=O)N[C@H](C)CCc2ccccc2)cc1. The minimum absolute atomic E-state index is 0.0513. The number of benzene rings is 2. The van der Waals surface area contributed by atoms with Gasteiger partial charge in [-0.05, 0) is 56.5 Å². The van der Waals surface area contributed by atoms with Crippen LogP contribution in [0, 0.1) is 0 Å². The first-order chi connectivity index (χ1) is 12.5. The van der Waals surface area contributed by atoms with Crippen molar-refractivity contribution in [2.24, 2.45) is 0 Å². The standard InChI is InChI=1S/C21H25NO4/c1-15(9-10-17-7-5-4-6-8-17)22-20(23)16(2)26-19-13-11-18(12-14-19)21(24)25-3/h4-8,11-16H,9-10H2,1-3H3,(H,22,23)/t15-,16+/m1/s1. The van der Waals surface area contributed by atoms with Crippen LogP contribution in [0.1, 0.15) is 36.2 Å². The van der Waals surface area contributed by atoms with Crippen LogP contribution in [0.4, 0.5) is 0 Å². The normalized spacial score (nSPS) is 12.7. The van der Waals surface area contributed by atoms with Crippen molar-refractivity contribution >= 4 is 11.9 Å². The molecule has 2 aromatic carbocycles. The van der Waals surface area contributed by atoms with Crippen molar-refractivity contribution in [3.05, 3.63) is 65.7 Å². The van der Waals surface area contributed by atoms with Crippen molar-refractivity contribution in [3.63, 3.8) is 0 Å². The van der Waals surface area contributed by atoms with E-state index in [0.29, 0.717) is 11.3 Å². The molecule has 0 aliphatic heterocycles. The number of ether oxygens (including phenoxy) is 2. The Kier molecular flexibility index (Phi) is 7.21. The lowest BCUT2D eigenvalue weighted by Gasteiger charge is -2.19. The molecule has 0 heterocycles. The van der Waals surface area contributed by atoms with Crippen LogP contribution in [0.3, 0.4) is 0 Å². The van der Waals surface area contributed by atoms with E-state index in [2.05, 4.69) is 22.2 Å². The predicted octanol–water partition coefficient (Wildman–Crippen LogP) is 3.38. The molecule has 2 atom stereocenters. The fourth-order valence-corrected chi connectivity index (χ4v) is 2.51. The van der Waals surface area contributed by atoms with E-state index in [1.807, 2.05) is 25.1 Å². The first kappa shape index (κ1) is 19.5. The summed E-state index contributed by atoms with van der Waals surface area (Å²) < 4.78 is 10.3. The lowest BCUT2D eigenvalue weighted by molar-refractivity contribution is -0.127. The third-order valence-corrected chi connectivity index (χ3v) is 4.06. The predicted molar refractivity (Wildman–Crippen MR) is 100 cm³/mol. The maximum Gasteiger partial charge on any atom is 0.337 e. The Morgan fingerprint density at radius 1 is 1.00 bits per heavy atom. The number of nitrogens with one attached hydrogen (secondary N) is 1. The van der Waals surface area contributed by atoms with Crippen molar-refractivity contribution in [1.29, 1.82) is 0 Å². The molecule has 1 N–H and O–H groups in total. The van der Waals surface area contributed by atoms with E-state index in [1.54, 1.807) is 31.2 Å². The molecule has 0 fully saturated rings. The monoisotopic (exact) mass is 355 g/mol. The molecule has 26 heavy (non-hydrogen) atoms. The van der Waals surface area contributed by atoms with Crippen molar-refractivity contribution in [2.45, 2.75) is 38.8 Å². The summed E-state index contributed by atoms with van der Waals surface area (Å²) in [4.78, 5) is 23.7. The van der Waals surface area contributed by atoms with Gasteiger partial charge in [-0.2, -0.15) is 0 Å². The zero-order chi connectivity index (χ0) is 18.9. The van der Waals surface area contributed by atoms with Gasteiger partial charge in [-0.15, -0.1) is 0 Å². The second-order valence-corrected chi connectivity index (χ2v) is 6.21. The molecule has 0 saturated carbocycles. The van der Waals surface area contributed by atoms with Gasteiger partial charge in [-0.3, -0.25) is 4.79 Å². The highest BCUT2D eigenvalue weighted by atomic mass is 16.5. The maximum atomic E-state index is 12.3. The van der Waals surface area contributed by atoms with E-state index < -0.39 is 12.1 Å². The molecule has 0 bridgehead atoms. The molecule has 1 amide bonds. The largest absolute Gasteiger partial charge is 0.481 e. The second-order valence-electron chi connectivity index (χ2n) is 6.21. The first-order valence-electron chi connectivity index (χ1n) is 8.69. The average molecular weight is 355 g/mol. The van der Waals surface area contributed by atoms with Crippen molar-refractivity contribution in [3.8, 4) is 5.75 Å². The van der Waals surface area contributed by atoms with E-state index in [9.17, 15) is 9.59 Å². The highest BCUT2D eigenvalue weighted by molar-refractivity contribution is 5.89. The number of aryl methyl sites for hydroxylation is 1. The molecular formula is C21H25NO4. The molecule has 0 aliphatic carbocycles. The molecule has 0 saturated heterocycles. The van der Waals surface area contributed by atoms with Crippen LogP contribution in [0.5, 0.6) is 5.75 Å². The Bertz CT molecular complexity index is 713. The third kappa shape index (κ3) is 5.92. The van der Waals surface area contributed by atoms with Gasteiger partial charge in [0.1, 0.15) is 5.75 Å². The number of carbonyl (C=O) groups is 2. The van der Waals surface area contributed by atoms with Crippen LogP contribution in [-0.2, 0) is 16.0 Å². The lowest BCUT2D eigenvalue weighted by Crippen LogP contribution is -2.41. The fourth-order valence-electron chi connectivity index (χ4n) is 2.51. The molecule has 2 rings (SSSR count). The van der Waals surface area contributed by atoms with Gasteiger partial charge in [-0.1, -0.05) is 30.3 Å². The van der Waals surface area contributed by atoms with Crippen LogP contribution in [0.25, 0.3) is 0 Å². The zero-order valence-corrected chi connectivity index (χ0v) is 15.4. The van der Waals surface area contributed by atoms with Crippen LogP contribution in [0.2, 0.25) is 0 Å². The van der Waals surface area contributed by atoms with E-state index in [0.717, 1.165) is 12.8 Å². The molecular weight excluding hydrogens is 330 g/mol. The molecule has 5 nitrogen and oxygen atoms in total. The Labute approximate surface area is 154 Å². The summed E-state index contributed by atoms with van der Waals surface area (Å²) >= 11 is 0. The van der Waals surface area contributed by atoms with Gasteiger partial charge in [0.25, 0.3) is 5.91 Å². The third-order valence-electron chi connectivity index (χ3n) is 4.06. The van der Waals surface area contributed by atoms with E-state index >= 15 is 0 Å². The van der Waals surface area contributed by atoms with Crippen LogP contribution < -0.4 is 10.1 Å². The fraction of sp³-hybridized carbons (Fsp3) is 0.333. The van der Waals surface area contributed by atoms with Gasteiger partial charge >= 0.3 is 5.97 Å². The second kappa shape index (κ2) is 9.61. The van der Waals surface area contributed by atoms with Gasteiger partial charge in [0.05, 0.1) is 12.7 Å². The van der Waals surface area contributed by atoms with Gasteiger partial charge in [-0.25, -0.2) is 4.79 Å². The molecule has 2 aromatic rings. The van der Waals surface area contributed by atoms with Gasteiger partial charge in [0, 0.05) is 6.04 Å². The number of esters is 1. The van der Waals surface area contributed by atoms with Crippen molar-refractivity contribution < 1.29 is 19.1 Å². The molecule has 0 radical (unpaired) electrons. The molecule has 0 aromatic heterocycles. The first-order valence-corrected chi connectivity index (χ1v) is 8.69. The Hall–Kier alpha value is -2.82. The summed E-state index contributed by atoms with van der Waals surface area (Å²) in [6.07, 6.45) is 1.14. The molecule has 0 aliphatic rings. The highest BCUT2D eigenvalue weighted by Gasteiger charge is 2.17. The topological polar surface area (TPSA) is 64.6 Å². The van der Waals surface area contributed by atoms with Crippen molar-refractivity contribution in [1.82, 2.24) is 5.32 Å². The summed E-state index contributed by atoms with van der Waals surface area (Å²) in [7, 11) is 1.33. The van der Waals surface area contributed by atoms with Gasteiger partial charge in [0.15, 0.2) is 6.10 Å². The number of rotatable bonds is 8. The van der Waals surface area contributed by atoms with E-state index in [-0.39, 0.29) is 11.9 Å². The maximum absolute atomic E-state index is 12.3. The number of methoxy groups -OCH3 is 1. The summed E-state index contributed by atoms with van der Waals surface area (Å²) in [5.41, 5.74) is 1.69. The van der Waals surface area contributed by atoms with E-state index in [1.165, 1.54) is 12.7 Å². The van der Waals surface area contributed by atoms with Crippen LogP contribution in [-0.4, -0.2) is 31.1 Å². The van der Waals surface area contributed by atoms with Gasteiger partial charge in [0.2, 0.25) is 0 Å². The quantitative estimate of drug-likeness (QED) is 0.737. The molecule has 0 spiro atoms. The minimum Gasteiger partial charge on any atom is -0.481 e. The summed E-state index contributed by atoms with van der Waals surface area (Å²) in [5.74, 6) is -0.0468. The smallest absolute Gasteiger partial charge is 0.337 e. The zero-order valence-electron chi connectivity index (χ0n) is 15.4. The van der Waals surface area contributed by atoms with E-state index in [4.69, 9.17) is 4.74 Å². The Balaban J connectivity index is 1.80. The Morgan fingerprint density at radius 2 is 1.65 bits per heavy atom. The molecule has 0 unspecified atom stereocenters. The summed E-state index contributed by atoms with van der Waals surface area (Å²) in [6, 6.07) is 16.7.